The minimum atomic E-state index is -0.240. The fourth-order valence-corrected chi connectivity index (χ4v) is 2.42. The third kappa shape index (κ3) is 2.47. The maximum Gasteiger partial charge on any atom is 0.268 e. The molecule has 0 aromatic carbocycles. The van der Waals surface area contributed by atoms with Gasteiger partial charge in [-0.25, -0.2) is 4.98 Å². The number of halogens is 1. The normalized spacial score (nSPS) is 10.8. The molecular weight excluding hydrogens is 322 g/mol. The fraction of sp³-hybridized carbons (Fsp3) is 0.357. The predicted molar refractivity (Wildman–Crippen MR) is 80.2 cm³/mol. The van der Waals surface area contributed by atoms with E-state index in [1.165, 1.54) is 10.8 Å². The van der Waals surface area contributed by atoms with Gasteiger partial charge in [0.05, 0.1) is 6.54 Å². The molecule has 0 saturated heterocycles. The van der Waals surface area contributed by atoms with Crippen LogP contribution in [0.15, 0.2) is 21.5 Å². The van der Waals surface area contributed by atoms with Crippen LogP contribution >= 0.6 is 15.9 Å². The summed E-state index contributed by atoms with van der Waals surface area (Å²) in [7, 11) is 1.92. The van der Waals surface area contributed by atoms with Crippen LogP contribution in [0, 0.1) is 20.8 Å². The molecule has 20 heavy (non-hydrogen) atoms. The maximum atomic E-state index is 12.4. The highest BCUT2D eigenvalue weighted by molar-refractivity contribution is 9.10. The van der Waals surface area contributed by atoms with Gasteiger partial charge in [0, 0.05) is 30.2 Å². The van der Waals surface area contributed by atoms with E-state index in [0.29, 0.717) is 15.9 Å². The van der Waals surface area contributed by atoms with Crippen molar-refractivity contribution >= 4 is 21.7 Å². The van der Waals surface area contributed by atoms with E-state index in [4.69, 9.17) is 0 Å². The molecule has 2 heterocycles. The van der Waals surface area contributed by atoms with Crippen LogP contribution in [0.4, 0.5) is 0 Å². The van der Waals surface area contributed by atoms with Gasteiger partial charge in [-0.1, -0.05) is 0 Å². The SMILES string of the molecule is Cc1cc(C(=O)Cn2c(C)ncc(Br)c2=O)c(C)n1C. The van der Waals surface area contributed by atoms with Crippen molar-refractivity contribution in [3.05, 3.63) is 49.9 Å². The third-order valence-corrected chi connectivity index (χ3v) is 4.13. The minimum absolute atomic E-state index is 0.00139. The van der Waals surface area contributed by atoms with Gasteiger partial charge >= 0.3 is 0 Å². The summed E-state index contributed by atoms with van der Waals surface area (Å²) in [5.74, 6) is 0.438. The number of hydrogen-bond donors (Lipinski definition) is 0. The fourth-order valence-electron chi connectivity index (χ4n) is 2.10. The first-order chi connectivity index (χ1) is 9.32. The Balaban J connectivity index is 2.40. The Morgan fingerprint density at radius 1 is 1.35 bits per heavy atom. The van der Waals surface area contributed by atoms with E-state index in [1.807, 2.05) is 31.5 Å². The zero-order valence-electron chi connectivity index (χ0n) is 11.9. The molecule has 5 nitrogen and oxygen atoms in total. The summed E-state index contributed by atoms with van der Waals surface area (Å²) in [4.78, 5) is 28.5. The lowest BCUT2D eigenvalue weighted by Gasteiger charge is -2.08. The van der Waals surface area contributed by atoms with Gasteiger partial charge in [-0.05, 0) is 42.8 Å². The number of carbonyl (C=O) groups is 1. The smallest absolute Gasteiger partial charge is 0.268 e. The van der Waals surface area contributed by atoms with Crippen LogP contribution < -0.4 is 5.56 Å². The second-order valence-electron chi connectivity index (χ2n) is 4.81. The average molecular weight is 338 g/mol. The molecule has 0 atom stereocenters. The van der Waals surface area contributed by atoms with E-state index in [-0.39, 0.29) is 17.9 Å². The largest absolute Gasteiger partial charge is 0.351 e. The summed E-state index contributed by atoms with van der Waals surface area (Å²) in [6, 6.07) is 1.85. The van der Waals surface area contributed by atoms with E-state index in [9.17, 15) is 9.59 Å². The topological polar surface area (TPSA) is 56.9 Å². The van der Waals surface area contributed by atoms with Crippen LogP contribution in [-0.2, 0) is 13.6 Å². The van der Waals surface area contributed by atoms with Crippen molar-refractivity contribution in [2.24, 2.45) is 7.05 Å². The van der Waals surface area contributed by atoms with Crippen LogP contribution in [0.1, 0.15) is 27.6 Å². The molecule has 0 amide bonds. The number of aromatic nitrogens is 3. The molecule has 0 radical (unpaired) electrons. The Bertz CT molecular complexity index is 744. The highest BCUT2D eigenvalue weighted by Crippen LogP contribution is 2.14. The Kier molecular flexibility index (Phi) is 3.94. The van der Waals surface area contributed by atoms with Crippen molar-refractivity contribution in [3.63, 3.8) is 0 Å². The lowest BCUT2D eigenvalue weighted by atomic mass is 10.1. The molecule has 2 aromatic rings. The van der Waals surface area contributed by atoms with Gasteiger partial charge in [-0.3, -0.25) is 14.2 Å². The lowest BCUT2D eigenvalue weighted by molar-refractivity contribution is 0.0968. The Morgan fingerprint density at radius 3 is 2.55 bits per heavy atom. The summed E-state index contributed by atoms with van der Waals surface area (Å²) >= 11 is 3.15. The van der Waals surface area contributed by atoms with E-state index >= 15 is 0 Å². The Hall–Kier alpha value is -1.69. The quantitative estimate of drug-likeness (QED) is 0.806. The van der Waals surface area contributed by atoms with Crippen molar-refractivity contribution in [3.8, 4) is 0 Å². The number of ketones is 1. The van der Waals surface area contributed by atoms with Crippen LogP contribution in [0.3, 0.4) is 0 Å². The molecule has 0 aliphatic heterocycles. The first kappa shape index (κ1) is 14.7. The van der Waals surface area contributed by atoms with Gasteiger partial charge in [-0.2, -0.15) is 0 Å². The molecular formula is C14H16BrN3O2. The zero-order valence-corrected chi connectivity index (χ0v) is 13.5. The second-order valence-corrected chi connectivity index (χ2v) is 5.67. The molecule has 0 bridgehead atoms. The van der Waals surface area contributed by atoms with Gasteiger partial charge < -0.3 is 4.57 Å². The highest BCUT2D eigenvalue weighted by atomic mass is 79.9. The predicted octanol–water partition coefficient (Wildman–Crippen LogP) is 2.15. The van der Waals surface area contributed by atoms with Crippen LogP contribution in [0.5, 0.6) is 0 Å². The van der Waals surface area contributed by atoms with Crippen LogP contribution in [0.25, 0.3) is 0 Å². The molecule has 0 N–H and O–H groups in total. The number of rotatable bonds is 3. The summed E-state index contributed by atoms with van der Waals surface area (Å²) in [5.41, 5.74) is 2.33. The van der Waals surface area contributed by atoms with Gasteiger partial charge in [-0.15, -0.1) is 0 Å². The number of carbonyl (C=O) groups excluding carboxylic acids is 1. The molecule has 6 heteroatoms. The molecule has 0 spiro atoms. The van der Waals surface area contributed by atoms with Gasteiger partial charge in [0.2, 0.25) is 0 Å². The summed E-state index contributed by atoms with van der Waals surface area (Å²) in [5, 5.41) is 0. The molecule has 2 rings (SSSR count). The molecule has 0 fully saturated rings. The zero-order chi connectivity index (χ0) is 15.0. The van der Waals surface area contributed by atoms with E-state index in [2.05, 4.69) is 20.9 Å². The summed E-state index contributed by atoms with van der Waals surface area (Å²) in [6.45, 7) is 5.56. The van der Waals surface area contributed by atoms with Gasteiger partial charge in [0.1, 0.15) is 10.3 Å². The van der Waals surface area contributed by atoms with Gasteiger partial charge in [0.15, 0.2) is 5.78 Å². The summed E-state index contributed by atoms with van der Waals surface area (Å²) in [6.07, 6.45) is 1.45. The van der Waals surface area contributed by atoms with Crippen molar-refractivity contribution in [1.29, 1.82) is 0 Å². The lowest BCUT2D eigenvalue weighted by Crippen LogP contribution is -2.27. The molecule has 0 saturated carbocycles. The monoisotopic (exact) mass is 337 g/mol. The van der Waals surface area contributed by atoms with Crippen molar-refractivity contribution < 1.29 is 4.79 Å². The van der Waals surface area contributed by atoms with Crippen molar-refractivity contribution in [2.45, 2.75) is 27.3 Å². The third-order valence-electron chi connectivity index (χ3n) is 3.58. The minimum Gasteiger partial charge on any atom is -0.351 e. The first-order valence-corrected chi connectivity index (χ1v) is 7.00. The first-order valence-electron chi connectivity index (χ1n) is 6.21. The number of nitrogens with zero attached hydrogens (tertiary/aromatic N) is 3. The summed E-state index contributed by atoms with van der Waals surface area (Å²) < 4.78 is 3.70. The van der Waals surface area contributed by atoms with Crippen molar-refractivity contribution in [2.75, 3.05) is 0 Å². The highest BCUT2D eigenvalue weighted by Gasteiger charge is 2.16. The standard InChI is InChI=1S/C14H16BrN3O2/c1-8-5-11(9(2)17(8)4)13(19)7-18-10(3)16-6-12(15)14(18)20/h5-6H,7H2,1-4H3. The number of Topliss-reactive ketones (excluding diaryl/α,β-unsaturated/α-hetero) is 1. The van der Waals surface area contributed by atoms with Crippen LogP contribution in [-0.4, -0.2) is 19.9 Å². The van der Waals surface area contributed by atoms with Crippen molar-refractivity contribution in [1.82, 2.24) is 14.1 Å². The van der Waals surface area contributed by atoms with E-state index < -0.39 is 0 Å². The maximum absolute atomic E-state index is 12.4. The number of aryl methyl sites for hydroxylation is 2. The van der Waals surface area contributed by atoms with E-state index in [1.54, 1.807) is 6.92 Å². The second kappa shape index (κ2) is 5.36. The molecule has 0 aliphatic carbocycles. The Morgan fingerprint density at radius 2 is 2.00 bits per heavy atom. The molecule has 0 unspecified atom stereocenters. The number of hydrogen-bond acceptors (Lipinski definition) is 3. The average Bonchev–Trinajstić information content (AvgIpc) is 2.67. The molecule has 106 valence electrons. The molecule has 2 aromatic heterocycles. The molecule has 0 aliphatic rings. The van der Waals surface area contributed by atoms with Crippen LogP contribution in [0.2, 0.25) is 0 Å². The van der Waals surface area contributed by atoms with Gasteiger partial charge in [0.25, 0.3) is 5.56 Å². The Labute approximate surface area is 125 Å². The van der Waals surface area contributed by atoms with E-state index in [0.717, 1.165) is 11.4 Å².